The second-order valence-electron chi connectivity index (χ2n) is 5.32. The molecule has 0 aromatic heterocycles. The highest BCUT2D eigenvalue weighted by atomic mass is 19.4. The Morgan fingerprint density at radius 3 is 2.52 bits per heavy atom. The molecule has 2 rings (SSSR count). The molecule has 0 bridgehead atoms. The van der Waals surface area contributed by atoms with Gasteiger partial charge < -0.3 is 4.74 Å². The van der Waals surface area contributed by atoms with Crippen molar-refractivity contribution in [1.82, 2.24) is 0 Å². The molecule has 116 valence electrons. The van der Waals surface area contributed by atoms with E-state index in [2.05, 4.69) is 0 Å². The first kappa shape index (κ1) is 15.9. The topological polar surface area (TPSA) is 9.23 Å². The first-order valence-electron chi connectivity index (χ1n) is 6.97. The lowest BCUT2D eigenvalue weighted by Crippen LogP contribution is -2.35. The Labute approximate surface area is 121 Å². The van der Waals surface area contributed by atoms with Gasteiger partial charge in [0.1, 0.15) is 17.8 Å². The predicted octanol–water partition coefficient (Wildman–Crippen LogP) is 4.88. The Morgan fingerprint density at radius 1 is 1.24 bits per heavy atom. The van der Waals surface area contributed by atoms with Crippen molar-refractivity contribution in [3.8, 4) is 0 Å². The minimum Gasteiger partial charge on any atom is -0.487 e. The van der Waals surface area contributed by atoms with E-state index >= 15 is 0 Å². The summed E-state index contributed by atoms with van der Waals surface area (Å²) in [5.41, 5.74) is 1.14. The summed E-state index contributed by atoms with van der Waals surface area (Å²) in [6.07, 6.45) is 2.59. The molecule has 0 aliphatic heterocycles. The molecule has 0 saturated heterocycles. The largest absolute Gasteiger partial charge is 0.487 e. The molecule has 1 nitrogen and oxygen atoms in total. The van der Waals surface area contributed by atoms with Gasteiger partial charge in [-0.1, -0.05) is 43.7 Å². The maximum absolute atomic E-state index is 14.0. The molecule has 0 aromatic carbocycles. The summed E-state index contributed by atoms with van der Waals surface area (Å²) in [4.78, 5) is 0. The highest BCUT2D eigenvalue weighted by Gasteiger charge is 2.46. The van der Waals surface area contributed by atoms with E-state index in [-0.39, 0.29) is 11.7 Å². The van der Waals surface area contributed by atoms with Crippen molar-refractivity contribution in [2.75, 3.05) is 0 Å². The van der Waals surface area contributed by atoms with Crippen LogP contribution in [-0.2, 0) is 4.74 Å². The predicted molar refractivity (Wildman–Crippen MR) is 73.2 cm³/mol. The third kappa shape index (κ3) is 3.57. The number of halogens is 4. The van der Waals surface area contributed by atoms with E-state index in [9.17, 15) is 17.6 Å². The molecule has 0 amide bonds. The summed E-state index contributed by atoms with van der Waals surface area (Å²) in [5.74, 6) is -2.40. The summed E-state index contributed by atoms with van der Waals surface area (Å²) in [5, 5.41) is 0. The van der Waals surface area contributed by atoms with Crippen molar-refractivity contribution in [3.63, 3.8) is 0 Å². The Kier molecular flexibility index (Phi) is 4.59. The molecule has 5 heteroatoms. The van der Waals surface area contributed by atoms with Crippen LogP contribution in [-0.4, -0.2) is 18.5 Å². The van der Waals surface area contributed by atoms with Crippen LogP contribution in [0, 0.1) is 11.8 Å². The van der Waals surface area contributed by atoms with Gasteiger partial charge in [-0.15, -0.1) is 0 Å². The standard InChI is InChI=1S/C16H18F4O/c1-3-11-7-8-13(10(2)9-11)21-14-6-4-5-12(15(14)17)16(18,19)20/h4-10,12-13,15H,3H2,1-2H3. The summed E-state index contributed by atoms with van der Waals surface area (Å²) in [6, 6.07) is 0. The van der Waals surface area contributed by atoms with E-state index in [1.165, 1.54) is 12.2 Å². The van der Waals surface area contributed by atoms with Crippen molar-refractivity contribution >= 4 is 0 Å². The number of hydrogen-bond donors (Lipinski definition) is 0. The lowest BCUT2D eigenvalue weighted by Gasteiger charge is -2.30. The van der Waals surface area contributed by atoms with Crippen LogP contribution < -0.4 is 0 Å². The Bertz CT molecular complexity index is 499. The molecule has 0 N–H and O–H groups in total. The fraction of sp³-hybridized carbons (Fsp3) is 0.500. The number of hydrogen-bond acceptors (Lipinski definition) is 1. The molecule has 2 aliphatic carbocycles. The Morgan fingerprint density at radius 2 is 1.95 bits per heavy atom. The summed E-state index contributed by atoms with van der Waals surface area (Å²) >= 11 is 0. The molecular formula is C16H18F4O. The summed E-state index contributed by atoms with van der Waals surface area (Å²) in [6.45, 7) is 3.92. The molecule has 4 atom stereocenters. The first-order chi connectivity index (χ1) is 9.82. The van der Waals surface area contributed by atoms with Crippen LogP contribution in [0.2, 0.25) is 0 Å². The molecule has 2 aliphatic rings. The fourth-order valence-electron chi connectivity index (χ4n) is 2.44. The van der Waals surface area contributed by atoms with Crippen LogP contribution in [0.3, 0.4) is 0 Å². The number of alkyl halides is 4. The first-order valence-corrected chi connectivity index (χ1v) is 6.97. The lowest BCUT2D eigenvalue weighted by atomic mass is 9.93. The van der Waals surface area contributed by atoms with Crippen molar-refractivity contribution < 1.29 is 22.3 Å². The molecule has 0 aromatic rings. The van der Waals surface area contributed by atoms with Crippen LogP contribution in [0.15, 0.2) is 47.8 Å². The van der Waals surface area contributed by atoms with Gasteiger partial charge in [-0.2, -0.15) is 13.2 Å². The third-order valence-electron chi connectivity index (χ3n) is 3.72. The highest BCUT2D eigenvalue weighted by molar-refractivity contribution is 5.27. The van der Waals surface area contributed by atoms with Gasteiger partial charge in [0.25, 0.3) is 0 Å². The van der Waals surface area contributed by atoms with Gasteiger partial charge in [-0.25, -0.2) is 4.39 Å². The van der Waals surface area contributed by atoms with Crippen LogP contribution in [0.5, 0.6) is 0 Å². The van der Waals surface area contributed by atoms with Gasteiger partial charge in [0.15, 0.2) is 6.17 Å². The van der Waals surface area contributed by atoms with Gasteiger partial charge in [0.2, 0.25) is 0 Å². The van der Waals surface area contributed by atoms with Crippen molar-refractivity contribution in [1.29, 1.82) is 0 Å². The second kappa shape index (κ2) is 6.08. The zero-order valence-electron chi connectivity index (χ0n) is 11.9. The highest BCUT2D eigenvalue weighted by Crippen LogP contribution is 2.38. The lowest BCUT2D eigenvalue weighted by molar-refractivity contribution is -0.177. The quantitative estimate of drug-likeness (QED) is 0.675. The summed E-state index contributed by atoms with van der Waals surface area (Å²) < 4.78 is 57.7. The summed E-state index contributed by atoms with van der Waals surface area (Å²) in [7, 11) is 0. The van der Waals surface area contributed by atoms with Gasteiger partial charge in [0, 0.05) is 5.92 Å². The van der Waals surface area contributed by atoms with E-state index in [1.54, 1.807) is 6.08 Å². The molecular weight excluding hydrogens is 284 g/mol. The smallest absolute Gasteiger partial charge is 0.398 e. The Hall–Kier alpha value is -1.52. The molecule has 4 unspecified atom stereocenters. The van der Waals surface area contributed by atoms with E-state index in [1.807, 2.05) is 26.0 Å². The van der Waals surface area contributed by atoms with Crippen LogP contribution in [0.1, 0.15) is 20.3 Å². The molecule has 0 saturated carbocycles. The van der Waals surface area contributed by atoms with Crippen LogP contribution in [0.4, 0.5) is 17.6 Å². The maximum Gasteiger partial charge on any atom is 0.398 e. The Balaban J connectivity index is 2.07. The van der Waals surface area contributed by atoms with Gasteiger partial charge in [-0.3, -0.25) is 0 Å². The van der Waals surface area contributed by atoms with Crippen molar-refractivity contribution in [3.05, 3.63) is 47.8 Å². The number of rotatable bonds is 3. The maximum atomic E-state index is 14.0. The zero-order valence-corrected chi connectivity index (χ0v) is 11.9. The van der Waals surface area contributed by atoms with E-state index in [4.69, 9.17) is 4.74 Å². The van der Waals surface area contributed by atoms with Crippen molar-refractivity contribution in [2.24, 2.45) is 11.8 Å². The molecule has 0 heterocycles. The number of ether oxygens (including phenoxy) is 1. The van der Waals surface area contributed by atoms with Crippen molar-refractivity contribution in [2.45, 2.75) is 38.7 Å². The SMILES string of the molecule is CCC1=CC(C)C(OC2=CC=CC(C(F)(F)F)C2F)C=C1. The number of allylic oxidation sites excluding steroid dienone is 6. The van der Waals surface area contributed by atoms with Crippen LogP contribution >= 0.6 is 0 Å². The fourth-order valence-corrected chi connectivity index (χ4v) is 2.44. The average Bonchev–Trinajstić information content (AvgIpc) is 2.41. The third-order valence-corrected chi connectivity index (χ3v) is 3.72. The van der Waals surface area contributed by atoms with Crippen LogP contribution in [0.25, 0.3) is 0 Å². The zero-order chi connectivity index (χ0) is 15.6. The molecule has 21 heavy (non-hydrogen) atoms. The molecule has 0 spiro atoms. The average molecular weight is 302 g/mol. The molecule has 0 radical (unpaired) electrons. The van der Waals surface area contributed by atoms with E-state index in [0.717, 1.165) is 18.1 Å². The minimum absolute atomic E-state index is 0.00621. The van der Waals surface area contributed by atoms with E-state index < -0.39 is 24.4 Å². The monoisotopic (exact) mass is 302 g/mol. The van der Waals surface area contributed by atoms with Gasteiger partial charge >= 0.3 is 6.18 Å². The minimum atomic E-state index is -4.61. The molecule has 0 fully saturated rings. The van der Waals surface area contributed by atoms with Gasteiger partial charge in [0.05, 0.1) is 0 Å². The normalized spacial score (nSPS) is 32.7. The van der Waals surface area contributed by atoms with Gasteiger partial charge in [-0.05, 0) is 18.6 Å². The van der Waals surface area contributed by atoms with E-state index in [0.29, 0.717) is 0 Å². The second-order valence-corrected chi connectivity index (χ2v) is 5.32.